The second-order valence-corrected chi connectivity index (χ2v) is 5.93. The van der Waals surface area contributed by atoms with Crippen molar-refractivity contribution in [3.8, 4) is 0 Å². The molecule has 2 aromatic carbocycles. The molecule has 0 radical (unpaired) electrons. The molecule has 0 saturated carbocycles. The van der Waals surface area contributed by atoms with E-state index >= 15 is 0 Å². The molecule has 24 heavy (non-hydrogen) atoms. The first-order valence-corrected chi connectivity index (χ1v) is 7.80. The summed E-state index contributed by atoms with van der Waals surface area (Å²) in [5.41, 5.74) is 4.85. The van der Waals surface area contributed by atoms with Crippen molar-refractivity contribution < 1.29 is 9.59 Å². The number of benzene rings is 2. The third-order valence-electron chi connectivity index (χ3n) is 3.16. The SMILES string of the molecule is C/C(=N/NC(=O)C(=O)Nc1ccc(C)cc1)c1ccc(Cl)cc1Cl. The number of nitrogens with one attached hydrogen (secondary N) is 2. The highest BCUT2D eigenvalue weighted by Crippen LogP contribution is 2.21. The van der Waals surface area contributed by atoms with Gasteiger partial charge in [0.1, 0.15) is 0 Å². The number of amides is 2. The van der Waals surface area contributed by atoms with E-state index in [-0.39, 0.29) is 0 Å². The number of hydrogen-bond donors (Lipinski definition) is 2. The van der Waals surface area contributed by atoms with Crippen LogP contribution in [0.1, 0.15) is 18.1 Å². The Morgan fingerprint density at radius 1 is 1.00 bits per heavy atom. The third-order valence-corrected chi connectivity index (χ3v) is 3.71. The summed E-state index contributed by atoms with van der Waals surface area (Å²) in [6.45, 7) is 3.59. The quantitative estimate of drug-likeness (QED) is 0.494. The van der Waals surface area contributed by atoms with Crippen LogP contribution in [0.25, 0.3) is 0 Å². The third kappa shape index (κ3) is 4.81. The van der Waals surface area contributed by atoms with Crippen molar-refractivity contribution in [1.29, 1.82) is 0 Å². The van der Waals surface area contributed by atoms with Gasteiger partial charge in [-0.05, 0) is 38.1 Å². The molecule has 0 aliphatic rings. The smallest absolute Gasteiger partial charge is 0.318 e. The number of anilines is 1. The van der Waals surface area contributed by atoms with E-state index in [1.807, 2.05) is 19.1 Å². The van der Waals surface area contributed by atoms with E-state index < -0.39 is 11.8 Å². The lowest BCUT2D eigenvalue weighted by Gasteiger charge is -2.06. The Morgan fingerprint density at radius 2 is 1.67 bits per heavy atom. The maximum Gasteiger partial charge on any atom is 0.329 e. The molecular formula is C17H15Cl2N3O2. The molecular weight excluding hydrogens is 349 g/mol. The Bertz CT molecular complexity index is 802. The van der Waals surface area contributed by atoms with Crippen molar-refractivity contribution in [2.24, 2.45) is 5.10 Å². The van der Waals surface area contributed by atoms with Gasteiger partial charge in [-0.2, -0.15) is 5.10 Å². The van der Waals surface area contributed by atoms with E-state index in [0.29, 0.717) is 27.0 Å². The van der Waals surface area contributed by atoms with E-state index in [1.54, 1.807) is 37.3 Å². The number of rotatable bonds is 3. The fourth-order valence-corrected chi connectivity index (χ4v) is 2.40. The van der Waals surface area contributed by atoms with Crippen LogP contribution in [0.3, 0.4) is 0 Å². The first-order chi connectivity index (χ1) is 11.4. The Hall–Kier alpha value is -2.37. The molecule has 2 amide bonds. The molecule has 0 fully saturated rings. The van der Waals surface area contributed by atoms with Crippen molar-refractivity contribution in [2.75, 3.05) is 5.32 Å². The monoisotopic (exact) mass is 363 g/mol. The van der Waals surface area contributed by atoms with Gasteiger partial charge < -0.3 is 5.32 Å². The maximum atomic E-state index is 11.8. The van der Waals surface area contributed by atoms with Crippen LogP contribution in [0.2, 0.25) is 10.0 Å². The molecule has 0 bridgehead atoms. The molecule has 0 spiro atoms. The van der Waals surface area contributed by atoms with Crippen molar-refractivity contribution >= 4 is 46.4 Å². The second-order valence-electron chi connectivity index (χ2n) is 5.08. The van der Waals surface area contributed by atoms with E-state index in [0.717, 1.165) is 5.56 Å². The van der Waals surface area contributed by atoms with Gasteiger partial charge in [0.2, 0.25) is 0 Å². The normalized spacial score (nSPS) is 11.1. The highest BCUT2D eigenvalue weighted by Gasteiger charge is 2.13. The zero-order valence-electron chi connectivity index (χ0n) is 13.1. The first-order valence-electron chi connectivity index (χ1n) is 7.04. The lowest BCUT2D eigenvalue weighted by Crippen LogP contribution is -2.32. The first kappa shape index (κ1) is 18.0. The van der Waals surface area contributed by atoms with Crippen molar-refractivity contribution in [3.63, 3.8) is 0 Å². The van der Waals surface area contributed by atoms with Gasteiger partial charge in [-0.1, -0.05) is 47.0 Å². The Morgan fingerprint density at radius 3 is 2.29 bits per heavy atom. The molecule has 7 heteroatoms. The number of aryl methyl sites for hydroxylation is 1. The van der Waals surface area contributed by atoms with Crippen LogP contribution in [-0.2, 0) is 9.59 Å². The molecule has 0 heterocycles. The van der Waals surface area contributed by atoms with Crippen molar-refractivity contribution in [1.82, 2.24) is 5.43 Å². The number of carbonyl (C=O) groups excluding carboxylic acids is 2. The molecule has 2 rings (SSSR count). The maximum absolute atomic E-state index is 11.8. The highest BCUT2D eigenvalue weighted by molar-refractivity contribution is 6.40. The fourth-order valence-electron chi connectivity index (χ4n) is 1.85. The van der Waals surface area contributed by atoms with E-state index in [1.165, 1.54) is 0 Å². The number of halogens is 2. The summed E-state index contributed by atoms with van der Waals surface area (Å²) in [5.74, 6) is -1.68. The Labute approximate surface area is 149 Å². The lowest BCUT2D eigenvalue weighted by molar-refractivity contribution is -0.136. The van der Waals surface area contributed by atoms with Crippen LogP contribution >= 0.6 is 23.2 Å². The summed E-state index contributed by atoms with van der Waals surface area (Å²) in [6.07, 6.45) is 0. The summed E-state index contributed by atoms with van der Waals surface area (Å²) >= 11 is 11.9. The molecule has 0 atom stereocenters. The Kier molecular flexibility index (Phi) is 5.95. The molecule has 0 aliphatic carbocycles. The van der Waals surface area contributed by atoms with Crippen LogP contribution < -0.4 is 10.7 Å². The summed E-state index contributed by atoms with van der Waals surface area (Å²) in [4.78, 5) is 23.6. The molecule has 5 nitrogen and oxygen atoms in total. The Balaban J connectivity index is 2.00. The highest BCUT2D eigenvalue weighted by atomic mass is 35.5. The summed E-state index contributed by atoms with van der Waals surface area (Å²) in [5, 5.41) is 7.28. The minimum atomic E-state index is -0.875. The van der Waals surface area contributed by atoms with Crippen molar-refractivity contribution in [2.45, 2.75) is 13.8 Å². The average molecular weight is 364 g/mol. The van der Waals surface area contributed by atoms with Crippen LogP contribution in [0.4, 0.5) is 5.69 Å². The lowest BCUT2D eigenvalue weighted by atomic mass is 10.1. The van der Waals surface area contributed by atoms with Gasteiger partial charge in [0.25, 0.3) is 0 Å². The van der Waals surface area contributed by atoms with Gasteiger partial charge in [0.05, 0.1) is 10.7 Å². The van der Waals surface area contributed by atoms with Gasteiger partial charge in [-0.3, -0.25) is 9.59 Å². The standard InChI is InChI=1S/C17H15Cl2N3O2/c1-10-3-6-13(7-4-10)20-16(23)17(24)22-21-11(2)14-8-5-12(18)9-15(14)19/h3-9H,1-2H3,(H,20,23)(H,22,24)/b21-11-. The fraction of sp³-hybridized carbons (Fsp3) is 0.118. The van der Waals surface area contributed by atoms with E-state index in [9.17, 15) is 9.59 Å². The van der Waals surface area contributed by atoms with Crippen molar-refractivity contribution in [3.05, 3.63) is 63.6 Å². The van der Waals surface area contributed by atoms with Crippen LogP contribution in [0.15, 0.2) is 47.6 Å². The number of carbonyl (C=O) groups is 2. The zero-order valence-corrected chi connectivity index (χ0v) is 14.6. The van der Waals surface area contributed by atoms with Gasteiger partial charge in [0.15, 0.2) is 0 Å². The van der Waals surface area contributed by atoms with Gasteiger partial charge in [0, 0.05) is 16.3 Å². The summed E-state index contributed by atoms with van der Waals surface area (Å²) in [6, 6.07) is 12.0. The van der Waals surface area contributed by atoms with Gasteiger partial charge in [-0.25, -0.2) is 5.43 Å². The van der Waals surface area contributed by atoms with Gasteiger partial charge >= 0.3 is 11.8 Å². The molecule has 0 saturated heterocycles. The summed E-state index contributed by atoms with van der Waals surface area (Å²) < 4.78 is 0. The molecule has 2 N–H and O–H groups in total. The van der Waals surface area contributed by atoms with E-state index in [4.69, 9.17) is 23.2 Å². The molecule has 0 unspecified atom stereocenters. The minimum Gasteiger partial charge on any atom is -0.318 e. The molecule has 2 aromatic rings. The van der Waals surface area contributed by atoms with Crippen LogP contribution in [0.5, 0.6) is 0 Å². The average Bonchev–Trinajstić information content (AvgIpc) is 2.54. The number of hydrazone groups is 1. The number of hydrogen-bond acceptors (Lipinski definition) is 3. The molecule has 0 aliphatic heterocycles. The molecule has 124 valence electrons. The summed E-state index contributed by atoms with van der Waals surface area (Å²) in [7, 11) is 0. The largest absolute Gasteiger partial charge is 0.329 e. The second kappa shape index (κ2) is 7.95. The topological polar surface area (TPSA) is 70.6 Å². The van der Waals surface area contributed by atoms with Crippen LogP contribution in [-0.4, -0.2) is 17.5 Å². The molecule has 0 aromatic heterocycles. The zero-order chi connectivity index (χ0) is 17.7. The van der Waals surface area contributed by atoms with Crippen LogP contribution in [0, 0.1) is 6.92 Å². The number of nitrogens with zero attached hydrogens (tertiary/aromatic N) is 1. The predicted octanol–water partition coefficient (Wildman–Crippen LogP) is 3.78. The van der Waals surface area contributed by atoms with Gasteiger partial charge in [-0.15, -0.1) is 0 Å². The van der Waals surface area contributed by atoms with E-state index in [2.05, 4.69) is 15.8 Å². The minimum absolute atomic E-state index is 0.405. The predicted molar refractivity (Wildman–Crippen MR) is 96.6 cm³/mol.